The summed E-state index contributed by atoms with van der Waals surface area (Å²) in [6.45, 7) is -1.14. The van der Waals surface area contributed by atoms with Crippen molar-refractivity contribution < 1.29 is 49.0 Å². The number of nitrogens with zero attached hydrogens (tertiary/aromatic N) is 7. The van der Waals surface area contributed by atoms with Crippen LogP contribution in [0, 0.1) is 17.1 Å². The Morgan fingerprint density at radius 3 is 2.55 bits per heavy atom. The third kappa shape index (κ3) is 6.75. The number of rotatable bonds is 8. The average Bonchev–Trinajstić information content (AvgIpc) is 3.90. The molecule has 0 radical (unpaired) electrons. The Labute approximate surface area is 318 Å². The van der Waals surface area contributed by atoms with Crippen molar-refractivity contribution in [1.29, 1.82) is 5.26 Å². The lowest BCUT2D eigenvalue weighted by molar-refractivity contribution is -0.141. The van der Waals surface area contributed by atoms with Crippen LogP contribution in [-0.4, -0.2) is 109 Å². The fourth-order valence-electron chi connectivity index (χ4n) is 8.46. The molecule has 2 N–H and O–H groups in total. The van der Waals surface area contributed by atoms with E-state index in [2.05, 4.69) is 9.97 Å². The molecule has 2 amide bonds. The highest BCUT2D eigenvalue weighted by Crippen LogP contribution is 2.52. The van der Waals surface area contributed by atoms with Crippen molar-refractivity contribution in [3.05, 3.63) is 40.7 Å². The summed E-state index contributed by atoms with van der Waals surface area (Å²) < 4.78 is 143. The number of carbonyl (C=O) groups excluding carboxylic acids is 1. The number of hydrogen-bond donors (Lipinski definition) is 1. The summed E-state index contributed by atoms with van der Waals surface area (Å²) in [6, 6.07) is 1.62. The summed E-state index contributed by atoms with van der Waals surface area (Å²) in [5.41, 5.74) is -2.39. The van der Waals surface area contributed by atoms with Crippen LogP contribution in [-0.2, 0) is 12.4 Å². The maximum atomic E-state index is 15.7. The highest BCUT2D eigenvalue weighted by atomic mass is 32.1. The van der Waals surface area contributed by atoms with E-state index in [9.17, 15) is 18.8 Å². The van der Waals surface area contributed by atoms with Crippen molar-refractivity contribution >= 4 is 49.2 Å². The molecule has 2 aromatic heterocycles. The fourth-order valence-corrected chi connectivity index (χ4v) is 9.40. The predicted octanol–water partition coefficient (Wildman–Crippen LogP) is 7.63. The normalized spacial score (nSPS) is 21.6. The molecule has 0 bridgehead atoms. The Balaban J connectivity index is 1.53. The third-order valence-electron chi connectivity index (χ3n) is 10.8. The van der Waals surface area contributed by atoms with Crippen LogP contribution in [0.5, 0.6) is 6.01 Å². The van der Waals surface area contributed by atoms with Crippen molar-refractivity contribution in [1.82, 2.24) is 24.7 Å². The number of nitrogens with two attached hydrogens (primary N) is 1. The van der Waals surface area contributed by atoms with E-state index in [1.165, 1.54) is 28.8 Å². The van der Waals surface area contributed by atoms with Gasteiger partial charge in [-0.1, -0.05) is 6.07 Å². The van der Waals surface area contributed by atoms with Crippen LogP contribution in [0.15, 0.2) is 18.2 Å². The Kier molecular flexibility index (Phi) is 10.1. The molecule has 3 aliphatic rings. The predicted molar refractivity (Wildman–Crippen MR) is 190 cm³/mol. The van der Waals surface area contributed by atoms with Crippen LogP contribution in [0.2, 0.25) is 0 Å². The van der Waals surface area contributed by atoms with Gasteiger partial charge in [0.25, 0.3) is 0 Å². The van der Waals surface area contributed by atoms with Crippen molar-refractivity contribution in [3.8, 4) is 23.2 Å². The Morgan fingerprint density at radius 1 is 1.14 bits per heavy atom. The van der Waals surface area contributed by atoms with Crippen LogP contribution in [0.4, 0.5) is 55.1 Å². The van der Waals surface area contributed by atoms with Gasteiger partial charge in [0.2, 0.25) is 0 Å². The second kappa shape index (κ2) is 14.3. The minimum absolute atomic E-state index is 0.0604. The number of likely N-dealkylation sites (tertiary alicyclic amines) is 1. The average molecular weight is 815 g/mol. The molecule has 300 valence electrons. The zero-order valence-corrected chi connectivity index (χ0v) is 30.8. The van der Waals surface area contributed by atoms with E-state index >= 15 is 30.7 Å². The molecule has 2 aromatic carbocycles. The Morgan fingerprint density at radius 2 is 1.89 bits per heavy atom. The molecule has 7 rings (SSSR count). The topological polar surface area (TPSA) is 115 Å². The molecule has 20 heteroatoms. The molecule has 56 heavy (non-hydrogen) atoms. The molecule has 0 aliphatic carbocycles. The number of benzene rings is 2. The molecule has 5 heterocycles. The molecule has 10 nitrogen and oxygen atoms in total. The van der Waals surface area contributed by atoms with Gasteiger partial charge in [0.1, 0.15) is 42.2 Å². The van der Waals surface area contributed by atoms with E-state index in [0.29, 0.717) is 42.9 Å². The molecule has 3 fully saturated rings. The standard InChI is InChI=1S/C36H35F9N8O2S/c1-50(2)33(54)51-10-6-19(16-51)53(11-8-37)31-21-12-23(35(40,41)42)26(20-4-5-24(39)29-25(20)22(14-46)30(47)56-29)27(36(43,44)45)28(21)48-32(49-31)55-17-34-7-3-9-52(34)15-18(38)13-34/h4-5,12,18-19H,3,6-11,13,15-17,47H2,1-2H3. The Hall–Kier alpha value is -4.77. The summed E-state index contributed by atoms with van der Waals surface area (Å²) in [4.78, 5) is 27.1. The number of fused-ring (bicyclic) bond motifs is 3. The molecule has 4 aromatic rings. The minimum atomic E-state index is -5.59. The van der Waals surface area contributed by atoms with Crippen LogP contribution < -0.4 is 15.4 Å². The zero-order valence-electron chi connectivity index (χ0n) is 30.0. The van der Waals surface area contributed by atoms with E-state index in [1.807, 2.05) is 4.90 Å². The number of halogens is 9. The molecular weight excluding hydrogens is 779 g/mol. The summed E-state index contributed by atoms with van der Waals surface area (Å²) in [6.07, 6.45) is -10.9. The highest BCUT2D eigenvalue weighted by molar-refractivity contribution is 7.23. The van der Waals surface area contributed by atoms with E-state index in [0.717, 1.165) is 6.07 Å². The van der Waals surface area contributed by atoms with Crippen molar-refractivity contribution in [3.63, 3.8) is 0 Å². The lowest BCUT2D eigenvalue weighted by atomic mass is 9.88. The lowest BCUT2D eigenvalue weighted by Gasteiger charge is -2.33. The third-order valence-corrected chi connectivity index (χ3v) is 11.9. The van der Waals surface area contributed by atoms with Gasteiger partial charge in [-0.15, -0.1) is 11.3 Å². The number of nitriles is 1. The highest BCUT2D eigenvalue weighted by Gasteiger charge is 2.50. The molecule has 0 spiro atoms. The number of urea groups is 1. The number of thiophene rings is 1. The SMILES string of the molecule is CN(C)C(=O)N1CCC(N(CCF)c2nc(OCC34CCCN3CC(F)C4)nc3c(C(F)(F)F)c(-c4ccc(F)c5sc(N)c(C#N)c45)c(C(F)(F)F)cc23)C1. The van der Waals surface area contributed by atoms with E-state index in [-0.39, 0.29) is 44.1 Å². The number of anilines is 2. The monoisotopic (exact) mass is 814 g/mol. The lowest BCUT2D eigenvalue weighted by Crippen LogP contribution is -2.44. The maximum Gasteiger partial charge on any atom is 0.419 e. The second-order valence-corrected chi connectivity index (χ2v) is 15.5. The van der Waals surface area contributed by atoms with Gasteiger partial charge < -0.3 is 25.2 Å². The maximum absolute atomic E-state index is 15.7. The van der Waals surface area contributed by atoms with Gasteiger partial charge in [0.05, 0.1) is 32.4 Å². The molecule has 0 saturated carbocycles. The summed E-state index contributed by atoms with van der Waals surface area (Å²) in [7, 11) is 3.01. The van der Waals surface area contributed by atoms with E-state index in [4.69, 9.17) is 10.5 Å². The molecule has 3 unspecified atom stereocenters. The molecule has 3 saturated heterocycles. The van der Waals surface area contributed by atoms with Gasteiger partial charge in [-0.3, -0.25) is 4.90 Å². The largest absolute Gasteiger partial charge is 0.461 e. The van der Waals surface area contributed by atoms with Gasteiger partial charge in [-0.25, -0.2) is 18.0 Å². The first-order valence-corrected chi connectivity index (χ1v) is 18.4. The number of ether oxygens (including phenoxy) is 1. The first-order chi connectivity index (χ1) is 26.4. The molecule has 3 atom stereocenters. The number of carbonyl (C=O) groups is 1. The van der Waals surface area contributed by atoms with Crippen LogP contribution in [0.1, 0.15) is 42.4 Å². The van der Waals surface area contributed by atoms with E-state index < -0.39 is 116 Å². The number of hydrogen-bond acceptors (Lipinski definition) is 9. The first kappa shape index (κ1) is 39.5. The van der Waals surface area contributed by atoms with Crippen LogP contribution in [0.25, 0.3) is 32.1 Å². The van der Waals surface area contributed by atoms with Crippen LogP contribution in [0.3, 0.4) is 0 Å². The minimum Gasteiger partial charge on any atom is -0.461 e. The molecular formula is C36H35F9N8O2S. The first-order valence-electron chi connectivity index (χ1n) is 17.6. The number of amides is 2. The number of alkyl halides is 8. The smallest absolute Gasteiger partial charge is 0.419 e. The summed E-state index contributed by atoms with van der Waals surface area (Å²) in [5, 5.41) is 8.27. The van der Waals surface area contributed by atoms with Gasteiger partial charge >= 0.3 is 24.4 Å². The van der Waals surface area contributed by atoms with Gasteiger partial charge in [-0.05, 0) is 43.5 Å². The summed E-state index contributed by atoms with van der Waals surface area (Å²) in [5.74, 6) is -1.53. The quantitative estimate of drug-likeness (QED) is 0.181. The molecule has 3 aliphatic heterocycles. The van der Waals surface area contributed by atoms with Gasteiger partial charge in [0.15, 0.2) is 0 Å². The van der Waals surface area contributed by atoms with Crippen molar-refractivity contribution in [2.24, 2.45) is 0 Å². The van der Waals surface area contributed by atoms with E-state index in [1.54, 1.807) is 6.07 Å². The van der Waals surface area contributed by atoms with Crippen LogP contribution >= 0.6 is 11.3 Å². The van der Waals surface area contributed by atoms with Gasteiger partial charge in [0, 0.05) is 69.1 Å². The number of nitrogen functional groups attached to an aromatic ring is 1. The van der Waals surface area contributed by atoms with Crippen molar-refractivity contribution in [2.75, 3.05) is 70.7 Å². The van der Waals surface area contributed by atoms with Crippen molar-refractivity contribution in [2.45, 2.75) is 55.8 Å². The second-order valence-electron chi connectivity index (χ2n) is 14.5. The Bertz CT molecular complexity index is 2240. The zero-order chi connectivity index (χ0) is 40.5. The summed E-state index contributed by atoms with van der Waals surface area (Å²) >= 11 is 0.495. The number of aromatic nitrogens is 2. The van der Waals surface area contributed by atoms with Gasteiger partial charge in [-0.2, -0.15) is 41.6 Å². The fraction of sp³-hybridized carbons (Fsp3) is 0.500.